The summed E-state index contributed by atoms with van der Waals surface area (Å²) >= 11 is 0. The van der Waals surface area contributed by atoms with Gasteiger partial charge in [-0.15, -0.1) is 0 Å². The highest BCUT2D eigenvalue weighted by molar-refractivity contribution is 7.92. The van der Waals surface area contributed by atoms with E-state index in [2.05, 4.69) is 6.92 Å². The first-order valence-corrected chi connectivity index (χ1v) is 8.06. The Morgan fingerprint density at radius 3 is 2.47 bits per heavy atom. The lowest BCUT2D eigenvalue weighted by molar-refractivity contribution is 0.199. The molecule has 2 N–H and O–H groups in total. The third-order valence-corrected chi connectivity index (χ3v) is 6.12. The average Bonchev–Trinajstić information content (AvgIpc) is 2.15. The van der Waals surface area contributed by atoms with E-state index in [1.807, 2.05) is 6.92 Å². The van der Waals surface area contributed by atoms with Gasteiger partial charge in [-0.3, -0.25) is 0 Å². The SMILES string of the molecule is COCCCS(=O)(=O)C1C(C)CC(C)CC1N. The van der Waals surface area contributed by atoms with Crippen LogP contribution in [-0.4, -0.2) is 39.2 Å². The molecule has 4 nitrogen and oxygen atoms in total. The zero-order valence-electron chi connectivity index (χ0n) is 11.1. The van der Waals surface area contributed by atoms with E-state index < -0.39 is 9.84 Å². The van der Waals surface area contributed by atoms with E-state index >= 15 is 0 Å². The van der Waals surface area contributed by atoms with Gasteiger partial charge in [0.15, 0.2) is 9.84 Å². The summed E-state index contributed by atoms with van der Waals surface area (Å²) in [4.78, 5) is 0. The van der Waals surface area contributed by atoms with Gasteiger partial charge in [0.2, 0.25) is 0 Å². The molecule has 1 aliphatic carbocycles. The molecule has 0 bridgehead atoms. The van der Waals surface area contributed by atoms with Crippen LogP contribution in [0.15, 0.2) is 0 Å². The second-order valence-corrected chi connectivity index (χ2v) is 7.67. The maximum atomic E-state index is 12.3. The summed E-state index contributed by atoms with van der Waals surface area (Å²) in [7, 11) is -1.50. The third kappa shape index (κ3) is 3.93. The molecule has 4 unspecified atom stereocenters. The Kier molecular flexibility index (Phi) is 5.41. The zero-order valence-corrected chi connectivity index (χ0v) is 11.9. The van der Waals surface area contributed by atoms with Crippen molar-refractivity contribution in [1.29, 1.82) is 0 Å². The van der Waals surface area contributed by atoms with Crippen LogP contribution >= 0.6 is 0 Å². The molecule has 0 amide bonds. The standard InChI is InChI=1S/C12H25NO3S/c1-9-7-10(2)12(11(13)8-9)17(14,15)6-4-5-16-3/h9-12H,4-8,13H2,1-3H3. The van der Waals surface area contributed by atoms with Crippen LogP contribution in [0.2, 0.25) is 0 Å². The molecule has 0 heterocycles. The number of nitrogens with two attached hydrogens (primary N) is 1. The highest BCUT2D eigenvalue weighted by atomic mass is 32.2. The lowest BCUT2D eigenvalue weighted by Crippen LogP contribution is -2.50. The summed E-state index contributed by atoms with van der Waals surface area (Å²) in [6.07, 6.45) is 2.34. The highest BCUT2D eigenvalue weighted by Gasteiger charge is 2.39. The van der Waals surface area contributed by atoms with E-state index in [0.29, 0.717) is 18.9 Å². The van der Waals surface area contributed by atoms with Crippen LogP contribution < -0.4 is 5.73 Å². The van der Waals surface area contributed by atoms with Gasteiger partial charge in [0.25, 0.3) is 0 Å². The molecule has 1 saturated carbocycles. The maximum absolute atomic E-state index is 12.3. The summed E-state index contributed by atoms with van der Waals surface area (Å²) in [5.41, 5.74) is 6.04. The normalized spacial score (nSPS) is 34.8. The largest absolute Gasteiger partial charge is 0.385 e. The van der Waals surface area contributed by atoms with Crippen molar-refractivity contribution < 1.29 is 13.2 Å². The van der Waals surface area contributed by atoms with E-state index in [9.17, 15) is 8.42 Å². The van der Waals surface area contributed by atoms with Crippen molar-refractivity contribution in [3.8, 4) is 0 Å². The minimum Gasteiger partial charge on any atom is -0.385 e. The van der Waals surface area contributed by atoms with Crippen molar-refractivity contribution in [3.05, 3.63) is 0 Å². The molecule has 0 spiro atoms. The van der Waals surface area contributed by atoms with Crippen LogP contribution in [0.25, 0.3) is 0 Å². The van der Waals surface area contributed by atoms with Gasteiger partial charge in [-0.1, -0.05) is 13.8 Å². The Labute approximate surface area is 105 Å². The molecule has 0 radical (unpaired) electrons. The van der Waals surface area contributed by atoms with Crippen LogP contribution in [0.5, 0.6) is 0 Å². The topological polar surface area (TPSA) is 69.4 Å². The van der Waals surface area contributed by atoms with E-state index in [1.54, 1.807) is 7.11 Å². The quantitative estimate of drug-likeness (QED) is 0.757. The molecule has 0 aromatic rings. The van der Waals surface area contributed by atoms with Crippen molar-refractivity contribution in [2.45, 2.75) is 44.4 Å². The maximum Gasteiger partial charge on any atom is 0.155 e. The Hall–Kier alpha value is -0.130. The summed E-state index contributed by atoms with van der Waals surface area (Å²) in [5, 5.41) is -0.365. The van der Waals surface area contributed by atoms with Gasteiger partial charge in [0.05, 0.1) is 11.0 Å². The number of hydrogen-bond acceptors (Lipinski definition) is 4. The smallest absolute Gasteiger partial charge is 0.155 e. The number of ether oxygens (including phenoxy) is 1. The monoisotopic (exact) mass is 263 g/mol. The molecular formula is C12H25NO3S. The fourth-order valence-electron chi connectivity index (χ4n) is 3.05. The third-order valence-electron chi connectivity index (χ3n) is 3.62. The second-order valence-electron chi connectivity index (χ2n) is 5.40. The van der Waals surface area contributed by atoms with Gasteiger partial charge in [0.1, 0.15) is 0 Å². The summed E-state index contributed by atoms with van der Waals surface area (Å²) in [5.74, 6) is 0.893. The lowest BCUT2D eigenvalue weighted by Gasteiger charge is -2.37. The molecule has 0 aromatic heterocycles. The van der Waals surface area contributed by atoms with E-state index in [0.717, 1.165) is 12.8 Å². The van der Waals surface area contributed by atoms with E-state index in [4.69, 9.17) is 10.5 Å². The molecule has 1 aliphatic rings. The number of rotatable bonds is 5. The lowest BCUT2D eigenvalue weighted by atomic mass is 9.80. The van der Waals surface area contributed by atoms with Crippen molar-refractivity contribution in [1.82, 2.24) is 0 Å². The van der Waals surface area contributed by atoms with Gasteiger partial charge in [0, 0.05) is 19.8 Å². The predicted octanol–water partition coefficient (Wildman–Crippen LogP) is 1.20. The van der Waals surface area contributed by atoms with Crippen molar-refractivity contribution in [3.63, 3.8) is 0 Å². The van der Waals surface area contributed by atoms with Gasteiger partial charge in [-0.05, 0) is 31.1 Å². The summed E-state index contributed by atoms with van der Waals surface area (Å²) < 4.78 is 29.4. The van der Waals surface area contributed by atoms with Gasteiger partial charge in [-0.25, -0.2) is 8.42 Å². The highest BCUT2D eigenvalue weighted by Crippen LogP contribution is 2.32. The van der Waals surface area contributed by atoms with Crippen LogP contribution in [0.3, 0.4) is 0 Å². The van der Waals surface area contributed by atoms with E-state index in [-0.39, 0.29) is 23.0 Å². The fourth-order valence-corrected chi connectivity index (χ4v) is 5.30. The molecule has 5 heteroatoms. The Balaban J connectivity index is 2.69. The van der Waals surface area contributed by atoms with Gasteiger partial charge >= 0.3 is 0 Å². The van der Waals surface area contributed by atoms with E-state index in [1.165, 1.54) is 0 Å². The zero-order chi connectivity index (χ0) is 13.1. The van der Waals surface area contributed by atoms with Crippen molar-refractivity contribution >= 4 is 9.84 Å². The number of sulfone groups is 1. The Morgan fingerprint density at radius 2 is 1.94 bits per heavy atom. The summed E-state index contributed by atoms with van der Waals surface area (Å²) in [6.45, 7) is 4.64. The van der Waals surface area contributed by atoms with Crippen molar-refractivity contribution in [2.24, 2.45) is 17.6 Å². The molecule has 1 fully saturated rings. The Bertz CT molecular complexity index is 317. The van der Waals surface area contributed by atoms with Gasteiger partial charge < -0.3 is 10.5 Å². The predicted molar refractivity (Wildman–Crippen MR) is 69.6 cm³/mol. The fraction of sp³-hybridized carbons (Fsp3) is 1.00. The van der Waals surface area contributed by atoms with Crippen LogP contribution in [0.1, 0.15) is 33.1 Å². The molecule has 0 saturated heterocycles. The minimum atomic E-state index is -3.08. The number of methoxy groups -OCH3 is 1. The molecule has 4 atom stereocenters. The van der Waals surface area contributed by atoms with Crippen LogP contribution in [0, 0.1) is 11.8 Å². The number of hydrogen-bond donors (Lipinski definition) is 1. The van der Waals surface area contributed by atoms with Gasteiger partial charge in [-0.2, -0.15) is 0 Å². The molecular weight excluding hydrogens is 238 g/mol. The summed E-state index contributed by atoms with van der Waals surface area (Å²) in [6, 6.07) is -0.207. The minimum absolute atomic E-state index is 0.168. The first-order valence-electron chi connectivity index (χ1n) is 6.34. The second kappa shape index (κ2) is 6.16. The average molecular weight is 263 g/mol. The molecule has 0 aromatic carbocycles. The molecule has 1 rings (SSSR count). The molecule has 102 valence electrons. The van der Waals surface area contributed by atoms with Crippen LogP contribution in [-0.2, 0) is 14.6 Å². The Morgan fingerprint density at radius 1 is 1.29 bits per heavy atom. The van der Waals surface area contributed by atoms with Crippen LogP contribution in [0.4, 0.5) is 0 Å². The van der Waals surface area contributed by atoms with Crippen molar-refractivity contribution in [2.75, 3.05) is 19.5 Å². The first kappa shape index (κ1) is 14.9. The first-order chi connectivity index (χ1) is 7.88. The molecule has 17 heavy (non-hydrogen) atoms. The molecule has 0 aliphatic heterocycles.